The van der Waals surface area contributed by atoms with Crippen molar-refractivity contribution in [2.24, 2.45) is 0 Å². The number of carbonyl (C=O) groups excluding carboxylic acids is 3. The van der Waals surface area contributed by atoms with E-state index in [1.807, 2.05) is 0 Å². The Bertz CT molecular complexity index is 2010. The number of carboxylic acid groups (broad SMARTS) is 1. The van der Waals surface area contributed by atoms with Crippen LogP contribution in [0.25, 0.3) is 22.3 Å². The van der Waals surface area contributed by atoms with Crippen LogP contribution in [0.3, 0.4) is 0 Å². The molecule has 1 aliphatic rings. The maximum atomic E-state index is 13.5. The van der Waals surface area contributed by atoms with Crippen LogP contribution in [0.2, 0.25) is 10.0 Å². The summed E-state index contributed by atoms with van der Waals surface area (Å²) in [5.74, 6) is -3.73. The quantitative estimate of drug-likeness (QED) is 0.139. The predicted molar refractivity (Wildman–Crippen MR) is 187 cm³/mol. The molecule has 268 valence electrons. The Morgan fingerprint density at radius 1 is 0.824 bits per heavy atom. The van der Waals surface area contributed by atoms with Crippen LogP contribution in [0.5, 0.6) is 0 Å². The Labute approximate surface area is 303 Å². The van der Waals surface area contributed by atoms with Gasteiger partial charge in [-0.05, 0) is 64.3 Å². The van der Waals surface area contributed by atoms with Crippen molar-refractivity contribution < 1.29 is 47.6 Å². The number of pyridine rings is 2. The molecule has 1 aliphatic heterocycles. The molecule has 0 spiro atoms. The van der Waals surface area contributed by atoms with E-state index in [0.717, 1.165) is 12.8 Å². The molecule has 2 aromatic heterocycles. The molecule has 2 aromatic carbocycles. The summed E-state index contributed by atoms with van der Waals surface area (Å²) in [4.78, 5) is 57.7. The molecular formula is C37H35Cl2FN2O9. The van der Waals surface area contributed by atoms with Gasteiger partial charge >= 0.3 is 23.9 Å². The van der Waals surface area contributed by atoms with Crippen molar-refractivity contribution in [1.29, 1.82) is 0 Å². The third kappa shape index (κ3) is 8.53. The number of aryl methyl sites for hydroxylation is 4. The van der Waals surface area contributed by atoms with Gasteiger partial charge in [0.05, 0.1) is 75.4 Å². The lowest BCUT2D eigenvalue weighted by atomic mass is 9.92. The molecule has 0 saturated carbocycles. The molecule has 0 aliphatic carbocycles. The fourth-order valence-electron chi connectivity index (χ4n) is 5.83. The molecule has 1 atom stereocenters. The first kappa shape index (κ1) is 38.9. The first-order valence-electron chi connectivity index (χ1n) is 15.6. The lowest BCUT2D eigenvalue weighted by molar-refractivity contribution is 0.0161. The van der Waals surface area contributed by atoms with E-state index in [1.165, 1.54) is 45.4 Å². The second-order valence-corrected chi connectivity index (χ2v) is 12.2. The highest BCUT2D eigenvalue weighted by molar-refractivity contribution is 6.44. The number of carbonyl (C=O) groups is 4. The zero-order chi connectivity index (χ0) is 37.6. The summed E-state index contributed by atoms with van der Waals surface area (Å²) in [5.41, 5.74) is 2.71. The SMILES string of the molecule is COC(=O)c1c(C)nc(C)c(C(=O)O)c1-c1cccc(F)c1.COC(=O)c1c(C)nc(C)c(C(=O)OCC2CCCO2)c1-c1cccc(Cl)c1Cl. The van der Waals surface area contributed by atoms with Crippen LogP contribution in [-0.4, -0.2) is 72.5 Å². The third-order valence-electron chi connectivity index (χ3n) is 8.07. The molecule has 14 heteroatoms. The Balaban J connectivity index is 0.000000238. The maximum absolute atomic E-state index is 13.5. The summed E-state index contributed by atoms with van der Waals surface area (Å²) in [7, 11) is 2.46. The Kier molecular flexibility index (Phi) is 12.9. The molecule has 5 rings (SSSR count). The summed E-state index contributed by atoms with van der Waals surface area (Å²) in [6, 6.07) is 10.4. The number of carboxylic acids is 1. The third-order valence-corrected chi connectivity index (χ3v) is 8.89. The second-order valence-electron chi connectivity index (χ2n) is 11.4. The molecule has 0 radical (unpaired) electrons. The number of methoxy groups -OCH3 is 2. The van der Waals surface area contributed by atoms with Crippen molar-refractivity contribution >= 4 is 47.1 Å². The molecule has 11 nitrogen and oxygen atoms in total. The van der Waals surface area contributed by atoms with Gasteiger partial charge in [-0.3, -0.25) is 9.97 Å². The summed E-state index contributed by atoms with van der Waals surface area (Å²) in [6.45, 7) is 7.24. The summed E-state index contributed by atoms with van der Waals surface area (Å²) >= 11 is 12.6. The average molecular weight is 742 g/mol. The smallest absolute Gasteiger partial charge is 0.340 e. The van der Waals surface area contributed by atoms with Gasteiger partial charge in [0.25, 0.3) is 0 Å². The highest BCUT2D eigenvalue weighted by Gasteiger charge is 2.30. The van der Waals surface area contributed by atoms with Crippen molar-refractivity contribution in [2.45, 2.75) is 46.6 Å². The standard InChI is InChI=1S/C21H21Cl2NO5.C16H14FNO4/c1-11-16(20(25)27-3)18(14-7-4-8-15(22)19(14)23)17(12(2)24-11)21(26)29-10-13-6-5-9-28-13;1-8-12(15(19)20)14(10-5-4-6-11(17)7-10)13(9(2)18-8)16(21)22-3/h4,7-8,13H,5-6,9-10H2,1-3H3;4-7H,1-3H3,(H,19,20). The fraction of sp³-hybridized carbons (Fsp3) is 0.297. The van der Waals surface area contributed by atoms with Gasteiger partial charge in [-0.2, -0.15) is 0 Å². The van der Waals surface area contributed by atoms with Crippen LogP contribution in [0, 0.1) is 33.5 Å². The lowest BCUT2D eigenvalue weighted by Gasteiger charge is -2.19. The lowest BCUT2D eigenvalue weighted by Crippen LogP contribution is -2.21. The van der Waals surface area contributed by atoms with E-state index in [9.17, 15) is 28.7 Å². The number of esters is 3. The number of hydrogen-bond acceptors (Lipinski definition) is 10. The minimum absolute atomic E-state index is 0.0242. The summed E-state index contributed by atoms with van der Waals surface area (Å²) in [6.07, 6.45) is 1.64. The van der Waals surface area contributed by atoms with E-state index in [-0.39, 0.29) is 56.8 Å². The number of benzene rings is 2. The van der Waals surface area contributed by atoms with E-state index in [2.05, 4.69) is 9.97 Å². The highest BCUT2D eigenvalue weighted by Crippen LogP contribution is 2.39. The molecule has 3 heterocycles. The fourth-order valence-corrected chi connectivity index (χ4v) is 6.23. The summed E-state index contributed by atoms with van der Waals surface area (Å²) in [5, 5.41) is 9.98. The van der Waals surface area contributed by atoms with E-state index < -0.39 is 29.7 Å². The molecule has 1 fully saturated rings. The van der Waals surface area contributed by atoms with E-state index in [1.54, 1.807) is 39.0 Å². The molecule has 51 heavy (non-hydrogen) atoms. The Hall–Kier alpha value is -4.91. The van der Waals surface area contributed by atoms with E-state index >= 15 is 0 Å². The summed E-state index contributed by atoms with van der Waals surface area (Å²) < 4.78 is 34.2. The maximum Gasteiger partial charge on any atom is 0.340 e. The molecule has 1 unspecified atom stereocenters. The monoisotopic (exact) mass is 740 g/mol. The van der Waals surface area contributed by atoms with Gasteiger partial charge in [0.2, 0.25) is 0 Å². The number of ether oxygens (including phenoxy) is 4. The van der Waals surface area contributed by atoms with Crippen molar-refractivity contribution in [3.8, 4) is 22.3 Å². The van der Waals surface area contributed by atoms with Gasteiger partial charge in [-0.15, -0.1) is 0 Å². The van der Waals surface area contributed by atoms with Crippen LogP contribution in [0.15, 0.2) is 42.5 Å². The van der Waals surface area contributed by atoms with E-state index in [0.29, 0.717) is 39.8 Å². The molecular weight excluding hydrogens is 706 g/mol. The minimum Gasteiger partial charge on any atom is -0.478 e. The van der Waals surface area contributed by atoms with Gasteiger partial charge in [0, 0.05) is 23.3 Å². The molecule has 4 aromatic rings. The van der Waals surface area contributed by atoms with Gasteiger partial charge in [0.1, 0.15) is 12.4 Å². The first-order chi connectivity index (χ1) is 24.2. The molecule has 1 N–H and O–H groups in total. The van der Waals surface area contributed by atoms with Crippen LogP contribution >= 0.6 is 23.2 Å². The normalized spacial score (nSPS) is 13.5. The zero-order valence-corrected chi connectivity index (χ0v) is 30.2. The Morgan fingerprint density at radius 3 is 1.90 bits per heavy atom. The first-order valence-corrected chi connectivity index (χ1v) is 16.4. The zero-order valence-electron chi connectivity index (χ0n) is 28.7. The topological polar surface area (TPSA) is 151 Å². The van der Waals surface area contributed by atoms with Crippen LogP contribution in [0.4, 0.5) is 4.39 Å². The minimum atomic E-state index is -1.24. The number of halogens is 3. The number of aromatic carboxylic acids is 1. The molecule has 1 saturated heterocycles. The highest BCUT2D eigenvalue weighted by atomic mass is 35.5. The number of hydrogen-bond donors (Lipinski definition) is 1. The number of nitrogens with zero attached hydrogens (tertiary/aromatic N) is 2. The van der Waals surface area contributed by atoms with Crippen LogP contribution in [0.1, 0.15) is 77.0 Å². The second kappa shape index (κ2) is 16.9. The van der Waals surface area contributed by atoms with Gasteiger partial charge in [-0.1, -0.05) is 47.5 Å². The van der Waals surface area contributed by atoms with E-state index in [4.69, 9.17) is 42.1 Å². The van der Waals surface area contributed by atoms with Crippen molar-refractivity contribution in [1.82, 2.24) is 9.97 Å². The average Bonchev–Trinajstić information content (AvgIpc) is 3.61. The largest absolute Gasteiger partial charge is 0.478 e. The van der Waals surface area contributed by atoms with Gasteiger partial charge in [-0.25, -0.2) is 23.6 Å². The molecule has 0 bridgehead atoms. The predicted octanol–water partition coefficient (Wildman–Crippen LogP) is 7.78. The van der Waals surface area contributed by atoms with Crippen LogP contribution in [-0.2, 0) is 18.9 Å². The van der Waals surface area contributed by atoms with Crippen molar-refractivity contribution in [2.75, 3.05) is 27.4 Å². The van der Waals surface area contributed by atoms with Gasteiger partial charge < -0.3 is 24.1 Å². The van der Waals surface area contributed by atoms with Crippen molar-refractivity contribution in [3.63, 3.8) is 0 Å². The number of rotatable bonds is 8. The number of aromatic nitrogens is 2. The Morgan fingerprint density at radius 2 is 1.37 bits per heavy atom. The van der Waals surface area contributed by atoms with Crippen LogP contribution < -0.4 is 0 Å². The molecule has 0 amide bonds. The van der Waals surface area contributed by atoms with Crippen molar-refractivity contribution in [3.05, 3.63) is 103 Å². The van der Waals surface area contributed by atoms with Gasteiger partial charge in [0.15, 0.2) is 0 Å².